The van der Waals surface area contributed by atoms with Crippen LogP contribution in [0.25, 0.3) is 0 Å². The maximum absolute atomic E-state index is 10.8. The van der Waals surface area contributed by atoms with Gasteiger partial charge in [-0.15, -0.1) is 0 Å². The molecule has 4 nitrogen and oxygen atoms in total. The molecule has 0 radical (unpaired) electrons. The molecule has 0 aliphatic rings. The molecule has 1 rings (SSSR count). The zero-order chi connectivity index (χ0) is 11.1. The Morgan fingerprint density at radius 3 is 2.80 bits per heavy atom. The largest absolute Gasteiger partial charge is 0.469 e. The van der Waals surface area contributed by atoms with Gasteiger partial charge in [0.05, 0.1) is 12.0 Å². The molecule has 0 unspecified atom stereocenters. The fraction of sp³-hybridized carbons (Fsp3) is 0.600. The Balaban J connectivity index is 1.99. The molecule has 0 atom stereocenters. The van der Waals surface area contributed by atoms with Gasteiger partial charge < -0.3 is 9.73 Å². The molecule has 1 aromatic rings. The van der Waals surface area contributed by atoms with Gasteiger partial charge in [0.15, 0.2) is 0 Å². The van der Waals surface area contributed by atoms with Gasteiger partial charge in [-0.05, 0) is 25.1 Å². The zero-order valence-electron chi connectivity index (χ0n) is 8.90. The molecule has 5 heteroatoms. The summed E-state index contributed by atoms with van der Waals surface area (Å²) in [4.78, 5) is 0. The number of nitrogens with one attached hydrogen (secondary N) is 1. The van der Waals surface area contributed by atoms with Crippen molar-refractivity contribution >= 4 is 9.84 Å². The zero-order valence-corrected chi connectivity index (χ0v) is 9.72. The first-order valence-electron chi connectivity index (χ1n) is 4.99. The van der Waals surface area contributed by atoms with Gasteiger partial charge in [-0.3, -0.25) is 0 Å². The monoisotopic (exact) mass is 231 g/mol. The Kier molecular flexibility index (Phi) is 4.84. The summed E-state index contributed by atoms with van der Waals surface area (Å²) in [5.41, 5.74) is 0. The summed E-state index contributed by atoms with van der Waals surface area (Å²) in [6.45, 7) is 1.55. The van der Waals surface area contributed by atoms with E-state index in [4.69, 9.17) is 4.42 Å². The number of rotatable bonds is 7. The second kappa shape index (κ2) is 5.92. The molecular weight excluding hydrogens is 214 g/mol. The Morgan fingerprint density at radius 1 is 1.40 bits per heavy atom. The highest BCUT2D eigenvalue weighted by molar-refractivity contribution is 7.90. The highest BCUT2D eigenvalue weighted by atomic mass is 32.2. The molecule has 1 heterocycles. The summed E-state index contributed by atoms with van der Waals surface area (Å²) in [6, 6.07) is 3.79. The second-order valence-electron chi connectivity index (χ2n) is 3.56. The first-order valence-corrected chi connectivity index (χ1v) is 7.05. The third-order valence-electron chi connectivity index (χ3n) is 2.00. The Bertz CT molecular complexity index is 356. The quantitative estimate of drug-likeness (QED) is 0.707. The van der Waals surface area contributed by atoms with Crippen molar-refractivity contribution in [1.82, 2.24) is 5.32 Å². The van der Waals surface area contributed by atoms with Crippen LogP contribution in [0.4, 0.5) is 0 Å². The lowest BCUT2D eigenvalue weighted by Gasteiger charge is -2.02. The maximum atomic E-state index is 10.8. The second-order valence-corrected chi connectivity index (χ2v) is 5.82. The van der Waals surface area contributed by atoms with Crippen LogP contribution in [0.2, 0.25) is 0 Å². The van der Waals surface area contributed by atoms with E-state index in [1.807, 2.05) is 12.1 Å². The van der Waals surface area contributed by atoms with Crippen LogP contribution >= 0.6 is 0 Å². The summed E-state index contributed by atoms with van der Waals surface area (Å²) in [7, 11) is -2.81. The number of furan rings is 1. The minimum absolute atomic E-state index is 0.251. The van der Waals surface area contributed by atoms with Crippen LogP contribution in [0.3, 0.4) is 0 Å². The summed E-state index contributed by atoms with van der Waals surface area (Å²) in [5, 5.41) is 3.17. The molecule has 86 valence electrons. The highest BCUT2D eigenvalue weighted by Crippen LogP contribution is 1.99. The fourth-order valence-corrected chi connectivity index (χ4v) is 1.92. The van der Waals surface area contributed by atoms with Crippen LogP contribution in [-0.2, 0) is 16.3 Å². The van der Waals surface area contributed by atoms with Gasteiger partial charge >= 0.3 is 0 Å². The third kappa shape index (κ3) is 6.30. The van der Waals surface area contributed by atoms with Crippen molar-refractivity contribution < 1.29 is 12.8 Å². The van der Waals surface area contributed by atoms with Crippen LogP contribution in [0.1, 0.15) is 12.2 Å². The summed E-state index contributed by atoms with van der Waals surface area (Å²) in [6.07, 6.45) is 4.41. The van der Waals surface area contributed by atoms with Crippen LogP contribution in [0.15, 0.2) is 22.8 Å². The minimum Gasteiger partial charge on any atom is -0.469 e. The molecule has 0 amide bonds. The van der Waals surface area contributed by atoms with E-state index in [0.29, 0.717) is 6.42 Å². The molecule has 0 spiro atoms. The number of hydrogen-bond donors (Lipinski definition) is 1. The third-order valence-corrected chi connectivity index (χ3v) is 3.03. The van der Waals surface area contributed by atoms with Gasteiger partial charge in [-0.2, -0.15) is 0 Å². The van der Waals surface area contributed by atoms with Crippen LogP contribution < -0.4 is 5.32 Å². The average Bonchev–Trinajstić information content (AvgIpc) is 2.61. The lowest BCUT2D eigenvalue weighted by molar-refractivity contribution is 0.498. The molecule has 0 saturated heterocycles. The van der Waals surface area contributed by atoms with Crippen molar-refractivity contribution in [3.63, 3.8) is 0 Å². The summed E-state index contributed by atoms with van der Waals surface area (Å²) >= 11 is 0. The van der Waals surface area contributed by atoms with Gasteiger partial charge in [0.25, 0.3) is 0 Å². The van der Waals surface area contributed by atoms with Crippen molar-refractivity contribution in [3.8, 4) is 0 Å². The molecular formula is C10H17NO3S. The van der Waals surface area contributed by atoms with E-state index in [1.165, 1.54) is 6.26 Å². The first kappa shape index (κ1) is 12.3. The fourth-order valence-electron chi connectivity index (χ4n) is 1.25. The first-order chi connectivity index (χ1) is 7.08. The van der Waals surface area contributed by atoms with E-state index < -0.39 is 9.84 Å². The van der Waals surface area contributed by atoms with Crippen LogP contribution in [0, 0.1) is 0 Å². The van der Waals surface area contributed by atoms with Crippen molar-refractivity contribution in [2.45, 2.75) is 12.8 Å². The average molecular weight is 231 g/mol. The van der Waals surface area contributed by atoms with Crippen molar-refractivity contribution in [1.29, 1.82) is 0 Å². The molecule has 0 aromatic carbocycles. The highest BCUT2D eigenvalue weighted by Gasteiger charge is 2.00. The molecule has 0 fully saturated rings. The van der Waals surface area contributed by atoms with Crippen LogP contribution in [0.5, 0.6) is 0 Å². The molecule has 0 aliphatic carbocycles. The van der Waals surface area contributed by atoms with Crippen LogP contribution in [-0.4, -0.2) is 33.5 Å². The van der Waals surface area contributed by atoms with Crippen molar-refractivity contribution in [2.75, 3.05) is 25.1 Å². The molecule has 1 aromatic heterocycles. The normalized spacial score (nSPS) is 11.8. The predicted molar refractivity (Wildman–Crippen MR) is 59.6 cm³/mol. The van der Waals surface area contributed by atoms with Gasteiger partial charge in [0, 0.05) is 19.2 Å². The van der Waals surface area contributed by atoms with Crippen molar-refractivity contribution in [2.24, 2.45) is 0 Å². The van der Waals surface area contributed by atoms with E-state index in [-0.39, 0.29) is 5.75 Å². The van der Waals surface area contributed by atoms with E-state index in [2.05, 4.69) is 5.32 Å². The minimum atomic E-state index is -2.81. The molecule has 1 N–H and O–H groups in total. The predicted octanol–water partition coefficient (Wildman–Crippen LogP) is 0.846. The van der Waals surface area contributed by atoms with Gasteiger partial charge in [-0.25, -0.2) is 8.42 Å². The van der Waals surface area contributed by atoms with E-state index in [0.717, 1.165) is 25.3 Å². The van der Waals surface area contributed by atoms with Gasteiger partial charge in [0.1, 0.15) is 15.6 Å². The molecule has 0 saturated carbocycles. The summed E-state index contributed by atoms with van der Waals surface area (Å²) < 4.78 is 26.8. The maximum Gasteiger partial charge on any atom is 0.147 e. The van der Waals surface area contributed by atoms with E-state index in [9.17, 15) is 8.42 Å². The number of hydrogen-bond acceptors (Lipinski definition) is 4. The summed E-state index contributed by atoms with van der Waals surface area (Å²) in [5.74, 6) is 1.20. The topological polar surface area (TPSA) is 59.3 Å². The van der Waals surface area contributed by atoms with Crippen molar-refractivity contribution in [3.05, 3.63) is 24.2 Å². The molecule has 0 bridgehead atoms. The standard InChI is InChI=1S/C10H17NO3S/c1-15(12,13)9-3-6-11-7-5-10-4-2-8-14-10/h2,4,8,11H,3,5-7,9H2,1H3. The Labute approximate surface area is 90.6 Å². The lowest BCUT2D eigenvalue weighted by Crippen LogP contribution is -2.20. The van der Waals surface area contributed by atoms with Gasteiger partial charge in [0.2, 0.25) is 0 Å². The Morgan fingerprint density at radius 2 is 2.20 bits per heavy atom. The Hall–Kier alpha value is -0.810. The molecule has 15 heavy (non-hydrogen) atoms. The number of sulfone groups is 1. The lowest BCUT2D eigenvalue weighted by atomic mass is 10.3. The van der Waals surface area contributed by atoms with Gasteiger partial charge in [-0.1, -0.05) is 0 Å². The smallest absolute Gasteiger partial charge is 0.147 e. The molecule has 0 aliphatic heterocycles. The van der Waals surface area contributed by atoms with E-state index >= 15 is 0 Å². The SMILES string of the molecule is CS(=O)(=O)CCCNCCc1ccco1. The van der Waals surface area contributed by atoms with E-state index in [1.54, 1.807) is 6.26 Å².